The van der Waals surface area contributed by atoms with E-state index in [1.807, 2.05) is 19.1 Å². The molecule has 1 saturated heterocycles. The number of nitrogens with zero attached hydrogens (tertiary/aromatic N) is 2. The van der Waals surface area contributed by atoms with Crippen molar-refractivity contribution in [3.63, 3.8) is 0 Å². The highest BCUT2D eigenvalue weighted by molar-refractivity contribution is 5.90. The van der Waals surface area contributed by atoms with Gasteiger partial charge in [-0.25, -0.2) is 4.79 Å². The number of hydrogen-bond acceptors (Lipinski definition) is 4. The van der Waals surface area contributed by atoms with Gasteiger partial charge in [0, 0.05) is 6.54 Å². The first-order chi connectivity index (χ1) is 8.65. The Morgan fingerprint density at radius 3 is 3.00 bits per heavy atom. The molecule has 1 aliphatic rings. The average Bonchev–Trinajstić information content (AvgIpc) is 2.39. The number of aryl methyl sites for hydroxylation is 1. The fraction of sp³-hybridized carbons (Fsp3) is 0.385. The average molecular weight is 246 g/mol. The fourth-order valence-electron chi connectivity index (χ4n) is 1.88. The largest absolute Gasteiger partial charge is 0.495 e. The van der Waals surface area contributed by atoms with Crippen LogP contribution in [0, 0.1) is 24.2 Å². The van der Waals surface area contributed by atoms with Gasteiger partial charge in [0.25, 0.3) is 0 Å². The molecule has 1 aromatic rings. The highest BCUT2D eigenvalue weighted by Crippen LogP contribution is 2.31. The summed E-state index contributed by atoms with van der Waals surface area (Å²) in [6.07, 6.45) is -0.439. The van der Waals surface area contributed by atoms with Crippen LogP contribution in [0.4, 0.5) is 10.5 Å². The summed E-state index contributed by atoms with van der Waals surface area (Å²) in [6, 6.07) is 7.67. The molecule has 5 heteroatoms. The van der Waals surface area contributed by atoms with Gasteiger partial charge >= 0.3 is 6.09 Å². The Labute approximate surface area is 106 Å². The number of carbonyl (C=O) groups excluding carboxylic acids is 1. The van der Waals surface area contributed by atoms with Crippen LogP contribution < -0.4 is 9.64 Å². The molecule has 1 aliphatic heterocycles. The Hall–Kier alpha value is -2.22. The van der Waals surface area contributed by atoms with E-state index in [2.05, 4.69) is 6.07 Å². The predicted molar refractivity (Wildman–Crippen MR) is 65.5 cm³/mol. The molecule has 0 bridgehead atoms. The van der Waals surface area contributed by atoms with E-state index in [0.717, 1.165) is 5.56 Å². The first kappa shape index (κ1) is 12.2. The Kier molecular flexibility index (Phi) is 3.38. The highest BCUT2D eigenvalue weighted by atomic mass is 16.6. The lowest BCUT2D eigenvalue weighted by Crippen LogP contribution is -2.42. The second-order valence-corrected chi connectivity index (χ2v) is 4.19. The summed E-state index contributed by atoms with van der Waals surface area (Å²) in [5, 5.41) is 8.92. The van der Waals surface area contributed by atoms with E-state index in [4.69, 9.17) is 14.7 Å². The van der Waals surface area contributed by atoms with Crippen LogP contribution in [0.25, 0.3) is 0 Å². The smallest absolute Gasteiger partial charge is 0.414 e. The van der Waals surface area contributed by atoms with Gasteiger partial charge in [0.05, 0.1) is 24.8 Å². The molecule has 0 aromatic heterocycles. The molecule has 1 atom stereocenters. The number of methoxy groups -OCH3 is 1. The fourth-order valence-corrected chi connectivity index (χ4v) is 1.88. The van der Waals surface area contributed by atoms with Gasteiger partial charge in [0.1, 0.15) is 12.4 Å². The van der Waals surface area contributed by atoms with Crippen molar-refractivity contribution in [2.24, 2.45) is 5.92 Å². The minimum atomic E-state index is -0.439. The van der Waals surface area contributed by atoms with Crippen LogP contribution in [0.5, 0.6) is 5.75 Å². The SMILES string of the molecule is COc1ccc(C)cc1N1CC(C#N)COC1=O. The van der Waals surface area contributed by atoms with Gasteiger partial charge in [-0.15, -0.1) is 0 Å². The summed E-state index contributed by atoms with van der Waals surface area (Å²) in [5.74, 6) is 0.282. The zero-order valence-electron chi connectivity index (χ0n) is 10.3. The van der Waals surface area contributed by atoms with E-state index in [1.165, 1.54) is 4.90 Å². The van der Waals surface area contributed by atoms with Crippen molar-refractivity contribution in [3.05, 3.63) is 23.8 Å². The van der Waals surface area contributed by atoms with Crippen molar-refractivity contribution in [2.45, 2.75) is 6.92 Å². The van der Waals surface area contributed by atoms with Crippen molar-refractivity contribution in [1.82, 2.24) is 0 Å². The lowest BCUT2D eigenvalue weighted by atomic mass is 10.1. The van der Waals surface area contributed by atoms with Gasteiger partial charge in [0.2, 0.25) is 0 Å². The van der Waals surface area contributed by atoms with E-state index in [9.17, 15) is 4.79 Å². The molecule has 0 spiro atoms. The summed E-state index contributed by atoms with van der Waals surface area (Å²) in [6.45, 7) is 2.41. The summed E-state index contributed by atoms with van der Waals surface area (Å²) in [7, 11) is 1.55. The first-order valence-electron chi connectivity index (χ1n) is 5.64. The monoisotopic (exact) mass is 246 g/mol. The minimum Gasteiger partial charge on any atom is -0.495 e. The quantitative estimate of drug-likeness (QED) is 0.801. The molecule has 5 nitrogen and oxygen atoms in total. The van der Waals surface area contributed by atoms with Gasteiger partial charge in [-0.05, 0) is 24.6 Å². The van der Waals surface area contributed by atoms with Crippen molar-refractivity contribution in [2.75, 3.05) is 25.2 Å². The second-order valence-electron chi connectivity index (χ2n) is 4.19. The van der Waals surface area contributed by atoms with Crippen LogP contribution in [0.1, 0.15) is 5.56 Å². The number of anilines is 1. The molecular weight excluding hydrogens is 232 g/mol. The number of amides is 1. The van der Waals surface area contributed by atoms with Gasteiger partial charge in [0.15, 0.2) is 0 Å². The maximum absolute atomic E-state index is 11.8. The first-order valence-corrected chi connectivity index (χ1v) is 5.64. The summed E-state index contributed by atoms with van der Waals surface area (Å²) in [5.41, 5.74) is 1.65. The van der Waals surface area contributed by atoms with E-state index in [1.54, 1.807) is 13.2 Å². The normalized spacial score (nSPS) is 19.1. The van der Waals surface area contributed by atoms with Crippen LogP contribution >= 0.6 is 0 Å². The number of ether oxygens (including phenoxy) is 2. The summed E-state index contributed by atoms with van der Waals surface area (Å²) in [4.78, 5) is 13.2. The Morgan fingerprint density at radius 1 is 1.56 bits per heavy atom. The van der Waals surface area contributed by atoms with Crippen LogP contribution in [0.15, 0.2) is 18.2 Å². The lowest BCUT2D eigenvalue weighted by Gasteiger charge is -2.30. The maximum Gasteiger partial charge on any atom is 0.414 e. The molecule has 1 fully saturated rings. The third kappa shape index (κ3) is 2.23. The van der Waals surface area contributed by atoms with E-state index < -0.39 is 6.09 Å². The molecule has 94 valence electrons. The van der Waals surface area contributed by atoms with Crippen LogP contribution in [0.3, 0.4) is 0 Å². The van der Waals surface area contributed by atoms with Gasteiger partial charge in [-0.1, -0.05) is 6.07 Å². The minimum absolute atomic E-state index is 0.153. The molecule has 1 heterocycles. The number of rotatable bonds is 2. The number of benzene rings is 1. The van der Waals surface area contributed by atoms with Gasteiger partial charge < -0.3 is 9.47 Å². The van der Waals surface area contributed by atoms with Crippen molar-refractivity contribution in [3.8, 4) is 11.8 Å². The molecule has 1 amide bonds. The van der Waals surface area contributed by atoms with Crippen molar-refractivity contribution in [1.29, 1.82) is 5.26 Å². The number of cyclic esters (lactones) is 1. The third-order valence-electron chi connectivity index (χ3n) is 2.84. The molecule has 0 aliphatic carbocycles. The van der Waals surface area contributed by atoms with E-state index in [-0.39, 0.29) is 12.5 Å². The molecule has 18 heavy (non-hydrogen) atoms. The van der Waals surface area contributed by atoms with Crippen LogP contribution in [-0.4, -0.2) is 26.4 Å². The van der Waals surface area contributed by atoms with Crippen molar-refractivity contribution >= 4 is 11.8 Å². The van der Waals surface area contributed by atoms with Gasteiger partial charge in [-0.3, -0.25) is 4.90 Å². The summed E-state index contributed by atoms with van der Waals surface area (Å²) < 4.78 is 10.2. The van der Waals surface area contributed by atoms with E-state index in [0.29, 0.717) is 18.0 Å². The Bertz CT molecular complexity index is 507. The number of hydrogen-bond donors (Lipinski definition) is 0. The Morgan fingerprint density at radius 2 is 2.33 bits per heavy atom. The molecule has 1 unspecified atom stereocenters. The Balaban J connectivity index is 2.37. The van der Waals surface area contributed by atoms with Crippen LogP contribution in [0.2, 0.25) is 0 Å². The topological polar surface area (TPSA) is 62.6 Å². The summed E-state index contributed by atoms with van der Waals surface area (Å²) >= 11 is 0. The molecule has 2 rings (SSSR count). The molecule has 1 aromatic carbocycles. The highest BCUT2D eigenvalue weighted by Gasteiger charge is 2.30. The predicted octanol–water partition coefficient (Wildman–Crippen LogP) is 2.10. The number of carbonyl (C=O) groups is 1. The molecule has 0 saturated carbocycles. The maximum atomic E-state index is 11.8. The number of nitriles is 1. The van der Waals surface area contributed by atoms with Crippen molar-refractivity contribution < 1.29 is 14.3 Å². The van der Waals surface area contributed by atoms with Crippen LogP contribution in [-0.2, 0) is 4.74 Å². The molecular formula is C13H14N2O3. The van der Waals surface area contributed by atoms with E-state index >= 15 is 0 Å². The zero-order valence-corrected chi connectivity index (χ0v) is 10.3. The molecule has 0 radical (unpaired) electrons. The second kappa shape index (κ2) is 4.96. The van der Waals surface area contributed by atoms with Gasteiger partial charge in [-0.2, -0.15) is 5.26 Å². The standard InChI is InChI=1S/C13H14N2O3/c1-9-3-4-12(17-2)11(5-9)15-7-10(6-14)8-18-13(15)16/h3-5,10H,7-8H2,1-2H3. The molecule has 0 N–H and O–H groups in total. The lowest BCUT2D eigenvalue weighted by molar-refractivity contribution is 0.127. The third-order valence-corrected chi connectivity index (χ3v) is 2.84. The zero-order chi connectivity index (χ0) is 13.1.